The maximum Gasteiger partial charge on any atom is 0.242 e. The van der Waals surface area contributed by atoms with Gasteiger partial charge in [-0.15, -0.1) is 0 Å². The quantitative estimate of drug-likeness (QED) is 0.871. The van der Waals surface area contributed by atoms with Crippen LogP contribution in [0.3, 0.4) is 0 Å². The third-order valence-electron chi connectivity index (χ3n) is 3.68. The standard InChI is InChI=1S/C14H22N2O2/c1-3-6-14(7-4-8-15-14)13(17)16(2)10-12-5-9-18-11-12/h5,9,11,15H,3-4,6-8,10H2,1-2H3. The highest BCUT2D eigenvalue weighted by Crippen LogP contribution is 2.27. The molecule has 100 valence electrons. The van der Waals surface area contributed by atoms with Crippen molar-refractivity contribution in [2.24, 2.45) is 0 Å². The Hall–Kier alpha value is -1.29. The molecule has 1 aliphatic heterocycles. The number of nitrogens with zero attached hydrogens (tertiary/aromatic N) is 1. The van der Waals surface area contributed by atoms with E-state index in [0.717, 1.165) is 37.8 Å². The second-order valence-corrected chi connectivity index (χ2v) is 5.16. The molecule has 0 aromatic carbocycles. The van der Waals surface area contributed by atoms with Gasteiger partial charge in [0.15, 0.2) is 0 Å². The van der Waals surface area contributed by atoms with Crippen molar-refractivity contribution >= 4 is 5.91 Å². The van der Waals surface area contributed by atoms with E-state index in [-0.39, 0.29) is 11.4 Å². The van der Waals surface area contributed by atoms with Crippen LogP contribution in [0.1, 0.15) is 38.2 Å². The molecule has 0 bridgehead atoms. The van der Waals surface area contributed by atoms with Gasteiger partial charge in [-0.05, 0) is 31.9 Å². The summed E-state index contributed by atoms with van der Waals surface area (Å²) < 4.78 is 5.04. The summed E-state index contributed by atoms with van der Waals surface area (Å²) in [6.07, 6.45) is 7.32. The van der Waals surface area contributed by atoms with Crippen LogP contribution in [0.4, 0.5) is 0 Å². The van der Waals surface area contributed by atoms with E-state index in [1.165, 1.54) is 0 Å². The Bertz CT molecular complexity index is 381. The Morgan fingerprint density at radius 1 is 1.61 bits per heavy atom. The van der Waals surface area contributed by atoms with Crippen LogP contribution < -0.4 is 5.32 Å². The summed E-state index contributed by atoms with van der Waals surface area (Å²) in [5.41, 5.74) is 0.711. The molecule has 2 rings (SSSR count). The average molecular weight is 250 g/mol. The number of hydrogen-bond acceptors (Lipinski definition) is 3. The van der Waals surface area contributed by atoms with Gasteiger partial charge in [-0.1, -0.05) is 13.3 Å². The van der Waals surface area contributed by atoms with Crippen molar-refractivity contribution in [3.63, 3.8) is 0 Å². The number of nitrogens with one attached hydrogen (secondary N) is 1. The Morgan fingerprint density at radius 2 is 2.44 bits per heavy atom. The predicted octanol–water partition coefficient (Wildman–Crippen LogP) is 2.16. The van der Waals surface area contributed by atoms with Crippen molar-refractivity contribution in [2.75, 3.05) is 13.6 Å². The predicted molar refractivity (Wildman–Crippen MR) is 70.1 cm³/mol. The van der Waals surface area contributed by atoms with Gasteiger partial charge >= 0.3 is 0 Å². The van der Waals surface area contributed by atoms with Gasteiger partial charge in [0.05, 0.1) is 18.1 Å². The largest absolute Gasteiger partial charge is 0.472 e. The maximum absolute atomic E-state index is 12.6. The third-order valence-corrected chi connectivity index (χ3v) is 3.68. The van der Waals surface area contributed by atoms with Crippen LogP contribution in [-0.4, -0.2) is 29.9 Å². The van der Waals surface area contributed by atoms with Crippen LogP contribution >= 0.6 is 0 Å². The lowest BCUT2D eigenvalue weighted by atomic mass is 9.90. The zero-order valence-electron chi connectivity index (χ0n) is 11.2. The van der Waals surface area contributed by atoms with Crippen molar-refractivity contribution in [1.82, 2.24) is 10.2 Å². The Kier molecular flexibility index (Phi) is 4.07. The molecule has 2 heterocycles. The lowest BCUT2D eigenvalue weighted by Gasteiger charge is -2.32. The van der Waals surface area contributed by atoms with E-state index < -0.39 is 0 Å². The Labute approximate surface area is 108 Å². The monoisotopic (exact) mass is 250 g/mol. The Morgan fingerprint density at radius 3 is 3.00 bits per heavy atom. The van der Waals surface area contributed by atoms with Gasteiger partial charge in [0.1, 0.15) is 0 Å². The van der Waals surface area contributed by atoms with Crippen molar-refractivity contribution in [3.05, 3.63) is 24.2 Å². The van der Waals surface area contributed by atoms with Crippen LogP contribution in [0.15, 0.2) is 23.0 Å². The first-order chi connectivity index (χ1) is 8.68. The molecular weight excluding hydrogens is 228 g/mol. The van der Waals surface area contributed by atoms with E-state index in [1.54, 1.807) is 17.4 Å². The fourth-order valence-corrected chi connectivity index (χ4v) is 2.83. The minimum Gasteiger partial charge on any atom is -0.472 e. The van der Waals surface area contributed by atoms with Crippen LogP contribution in [0.2, 0.25) is 0 Å². The van der Waals surface area contributed by atoms with Gasteiger partial charge in [0.2, 0.25) is 5.91 Å². The summed E-state index contributed by atoms with van der Waals surface area (Å²) in [4.78, 5) is 14.4. The summed E-state index contributed by atoms with van der Waals surface area (Å²) >= 11 is 0. The van der Waals surface area contributed by atoms with Gasteiger partial charge in [-0.2, -0.15) is 0 Å². The molecule has 4 nitrogen and oxygen atoms in total. The van der Waals surface area contributed by atoms with E-state index in [0.29, 0.717) is 6.54 Å². The summed E-state index contributed by atoms with van der Waals surface area (Å²) in [7, 11) is 1.87. The molecule has 0 radical (unpaired) electrons. The number of amides is 1. The molecule has 0 saturated carbocycles. The lowest BCUT2D eigenvalue weighted by molar-refractivity contribution is -0.137. The summed E-state index contributed by atoms with van der Waals surface area (Å²) in [6.45, 7) is 3.69. The van der Waals surface area contributed by atoms with Gasteiger partial charge in [0.25, 0.3) is 0 Å². The molecule has 1 N–H and O–H groups in total. The molecular formula is C14H22N2O2. The normalized spacial score (nSPS) is 23.2. The van der Waals surface area contributed by atoms with Crippen molar-refractivity contribution < 1.29 is 9.21 Å². The molecule has 1 atom stereocenters. The van der Waals surface area contributed by atoms with E-state index in [1.807, 2.05) is 13.1 Å². The van der Waals surface area contributed by atoms with E-state index in [4.69, 9.17) is 4.42 Å². The Balaban J connectivity index is 2.04. The van der Waals surface area contributed by atoms with Gasteiger partial charge < -0.3 is 14.6 Å². The van der Waals surface area contributed by atoms with E-state index in [2.05, 4.69) is 12.2 Å². The maximum atomic E-state index is 12.6. The minimum atomic E-state index is -0.326. The molecule has 1 aromatic heterocycles. The number of rotatable bonds is 5. The second-order valence-electron chi connectivity index (χ2n) is 5.16. The number of likely N-dealkylation sites (N-methyl/N-ethyl adjacent to an activating group) is 1. The van der Waals surface area contributed by atoms with Crippen LogP contribution in [-0.2, 0) is 11.3 Å². The highest BCUT2D eigenvalue weighted by Gasteiger charge is 2.41. The number of carbonyl (C=O) groups excluding carboxylic acids is 1. The number of hydrogen-bond donors (Lipinski definition) is 1. The molecule has 1 saturated heterocycles. The summed E-state index contributed by atoms with van der Waals surface area (Å²) in [6, 6.07) is 1.90. The van der Waals surface area contributed by atoms with E-state index >= 15 is 0 Å². The summed E-state index contributed by atoms with van der Waals surface area (Å²) in [5, 5.41) is 3.42. The first-order valence-electron chi connectivity index (χ1n) is 6.69. The van der Waals surface area contributed by atoms with E-state index in [9.17, 15) is 4.79 Å². The summed E-state index contributed by atoms with van der Waals surface area (Å²) in [5.74, 6) is 0.211. The molecule has 1 aliphatic rings. The molecule has 0 spiro atoms. The first-order valence-corrected chi connectivity index (χ1v) is 6.69. The molecule has 18 heavy (non-hydrogen) atoms. The van der Waals surface area contributed by atoms with Gasteiger partial charge in [-0.3, -0.25) is 4.79 Å². The fraction of sp³-hybridized carbons (Fsp3) is 0.643. The molecule has 1 amide bonds. The molecule has 1 fully saturated rings. The molecule has 1 unspecified atom stereocenters. The topological polar surface area (TPSA) is 45.5 Å². The zero-order chi connectivity index (χ0) is 13.0. The van der Waals surface area contributed by atoms with Crippen LogP contribution in [0.25, 0.3) is 0 Å². The van der Waals surface area contributed by atoms with Crippen LogP contribution in [0.5, 0.6) is 0 Å². The first kappa shape index (κ1) is 13.1. The van der Waals surface area contributed by atoms with Gasteiger partial charge in [0, 0.05) is 19.2 Å². The molecule has 1 aromatic rings. The smallest absolute Gasteiger partial charge is 0.242 e. The van der Waals surface area contributed by atoms with Crippen molar-refractivity contribution in [3.8, 4) is 0 Å². The number of carbonyl (C=O) groups is 1. The minimum absolute atomic E-state index is 0.211. The zero-order valence-corrected chi connectivity index (χ0v) is 11.2. The average Bonchev–Trinajstić information content (AvgIpc) is 3.00. The van der Waals surface area contributed by atoms with Crippen molar-refractivity contribution in [1.29, 1.82) is 0 Å². The lowest BCUT2D eigenvalue weighted by Crippen LogP contribution is -2.53. The second kappa shape index (κ2) is 5.57. The molecule has 4 heteroatoms. The third kappa shape index (κ3) is 2.58. The van der Waals surface area contributed by atoms with Crippen LogP contribution in [0, 0.1) is 0 Å². The van der Waals surface area contributed by atoms with Crippen molar-refractivity contribution in [2.45, 2.75) is 44.7 Å². The fourth-order valence-electron chi connectivity index (χ4n) is 2.83. The SMILES string of the molecule is CCCC1(C(=O)N(C)Cc2ccoc2)CCCN1. The highest BCUT2D eigenvalue weighted by atomic mass is 16.3. The molecule has 0 aliphatic carbocycles. The van der Waals surface area contributed by atoms with Gasteiger partial charge in [-0.25, -0.2) is 0 Å². The highest BCUT2D eigenvalue weighted by molar-refractivity contribution is 5.86. The number of furan rings is 1.